The number of fused-ring (bicyclic) bond motifs is 1. The Morgan fingerprint density at radius 2 is 2.05 bits per heavy atom. The Hall–Kier alpha value is -1.46. The second kappa shape index (κ2) is 5.27. The summed E-state index contributed by atoms with van der Waals surface area (Å²) in [5.74, 6) is 5.73. The van der Waals surface area contributed by atoms with Crippen molar-refractivity contribution >= 4 is 33.8 Å². The molecule has 0 aliphatic carbocycles. The van der Waals surface area contributed by atoms with Gasteiger partial charge in [-0.3, -0.25) is 10.8 Å². The van der Waals surface area contributed by atoms with Crippen molar-refractivity contribution in [3.63, 3.8) is 0 Å². The van der Waals surface area contributed by atoms with Crippen molar-refractivity contribution < 1.29 is 0 Å². The third kappa shape index (κ3) is 2.24. The Morgan fingerprint density at radius 3 is 2.79 bits per heavy atom. The first-order valence-electron chi connectivity index (χ1n) is 5.84. The van der Waals surface area contributed by atoms with E-state index in [4.69, 9.17) is 17.4 Å². The third-order valence-corrected chi connectivity index (χ3v) is 4.47. The highest BCUT2D eigenvalue weighted by Crippen LogP contribution is 2.34. The summed E-state index contributed by atoms with van der Waals surface area (Å²) in [6.45, 7) is 0. The van der Waals surface area contributed by atoms with E-state index in [9.17, 15) is 0 Å². The molecule has 5 heteroatoms. The maximum absolute atomic E-state index is 6.21. The largest absolute Gasteiger partial charge is 0.271 e. The minimum absolute atomic E-state index is 0.147. The van der Waals surface area contributed by atoms with E-state index < -0.39 is 0 Å². The summed E-state index contributed by atoms with van der Waals surface area (Å²) in [5, 5.41) is 3.77. The minimum atomic E-state index is -0.147. The predicted octanol–water partition coefficient (Wildman–Crippen LogP) is 3.50. The molecule has 2 heterocycles. The number of nitrogens with zero attached hydrogens (tertiary/aromatic N) is 1. The molecule has 1 atom stereocenters. The molecule has 0 aliphatic rings. The highest BCUT2D eigenvalue weighted by atomic mass is 35.5. The Morgan fingerprint density at radius 1 is 1.21 bits per heavy atom. The van der Waals surface area contributed by atoms with Crippen molar-refractivity contribution in [2.24, 2.45) is 5.84 Å². The first-order valence-corrected chi connectivity index (χ1v) is 7.09. The Labute approximate surface area is 120 Å². The van der Waals surface area contributed by atoms with Crippen molar-refractivity contribution in [3.8, 4) is 0 Å². The molecular weight excluding hydrogens is 278 g/mol. The lowest BCUT2D eigenvalue weighted by Crippen LogP contribution is -2.28. The fourth-order valence-electron chi connectivity index (χ4n) is 2.18. The van der Waals surface area contributed by atoms with Crippen LogP contribution in [-0.4, -0.2) is 4.98 Å². The SMILES string of the molecule is NNC(c1sccc1Cl)c1cccc2cccnc12. The molecule has 3 nitrogen and oxygen atoms in total. The number of nitrogens with two attached hydrogens (primary N) is 1. The number of aromatic nitrogens is 1. The van der Waals surface area contributed by atoms with Crippen molar-refractivity contribution in [3.05, 3.63) is 63.4 Å². The summed E-state index contributed by atoms with van der Waals surface area (Å²) >= 11 is 7.79. The average Bonchev–Trinajstić information content (AvgIpc) is 2.86. The number of pyridine rings is 1. The number of hydrazine groups is 1. The van der Waals surface area contributed by atoms with Crippen LogP contribution in [0.3, 0.4) is 0 Å². The van der Waals surface area contributed by atoms with Crippen molar-refractivity contribution in [1.82, 2.24) is 10.4 Å². The summed E-state index contributed by atoms with van der Waals surface area (Å²) < 4.78 is 0. The molecule has 0 amide bonds. The van der Waals surface area contributed by atoms with E-state index in [1.54, 1.807) is 17.5 Å². The molecule has 96 valence electrons. The third-order valence-electron chi connectivity index (χ3n) is 3.05. The van der Waals surface area contributed by atoms with Crippen LogP contribution in [0, 0.1) is 0 Å². The van der Waals surface area contributed by atoms with E-state index >= 15 is 0 Å². The molecule has 0 bridgehead atoms. The summed E-state index contributed by atoms with van der Waals surface area (Å²) in [7, 11) is 0. The maximum atomic E-state index is 6.21. The number of nitrogens with one attached hydrogen (secondary N) is 1. The van der Waals surface area contributed by atoms with Gasteiger partial charge in [-0.25, -0.2) is 5.43 Å². The zero-order valence-corrected chi connectivity index (χ0v) is 11.6. The lowest BCUT2D eigenvalue weighted by atomic mass is 10.0. The quantitative estimate of drug-likeness (QED) is 0.573. The van der Waals surface area contributed by atoms with Gasteiger partial charge in [-0.05, 0) is 17.5 Å². The molecule has 1 aromatic carbocycles. The smallest absolute Gasteiger partial charge is 0.0838 e. The van der Waals surface area contributed by atoms with Gasteiger partial charge in [0.1, 0.15) is 0 Å². The molecule has 0 saturated carbocycles. The van der Waals surface area contributed by atoms with Gasteiger partial charge in [0.15, 0.2) is 0 Å². The van der Waals surface area contributed by atoms with Gasteiger partial charge < -0.3 is 0 Å². The van der Waals surface area contributed by atoms with Crippen LogP contribution < -0.4 is 11.3 Å². The van der Waals surface area contributed by atoms with E-state index in [0.29, 0.717) is 0 Å². The van der Waals surface area contributed by atoms with Gasteiger partial charge in [0.25, 0.3) is 0 Å². The van der Waals surface area contributed by atoms with Crippen LogP contribution in [-0.2, 0) is 0 Å². The van der Waals surface area contributed by atoms with Crippen LogP contribution in [0.1, 0.15) is 16.5 Å². The van der Waals surface area contributed by atoms with E-state index in [-0.39, 0.29) is 6.04 Å². The van der Waals surface area contributed by atoms with Crippen LogP contribution in [0.2, 0.25) is 5.02 Å². The van der Waals surface area contributed by atoms with Crippen molar-refractivity contribution in [2.45, 2.75) is 6.04 Å². The molecule has 19 heavy (non-hydrogen) atoms. The lowest BCUT2D eigenvalue weighted by Gasteiger charge is -2.17. The first kappa shape index (κ1) is 12.6. The van der Waals surface area contributed by atoms with Gasteiger partial charge in [-0.15, -0.1) is 11.3 Å². The molecule has 3 rings (SSSR count). The number of thiophene rings is 1. The number of benzene rings is 1. The zero-order chi connectivity index (χ0) is 13.2. The van der Waals surface area contributed by atoms with Crippen LogP contribution in [0.5, 0.6) is 0 Å². The Kier molecular flexibility index (Phi) is 3.48. The van der Waals surface area contributed by atoms with E-state index in [2.05, 4.69) is 10.4 Å². The van der Waals surface area contributed by atoms with E-state index in [0.717, 1.165) is 26.4 Å². The lowest BCUT2D eigenvalue weighted by molar-refractivity contribution is 0.650. The average molecular weight is 290 g/mol. The highest BCUT2D eigenvalue weighted by Gasteiger charge is 2.19. The van der Waals surface area contributed by atoms with Gasteiger partial charge in [-0.2, -0.15) is 0 Å². The second-order valence-electron chi connectivity index (χ2n) is 4.15. The molecule has 3 aromatic rings. The first-order chi connectivity index (χ1) is 9.31. The minimum Gasteiger partial charge on any atom is -0.271 e. The van der Waals surface area contributed by atoms with Gasteiger partial charge in [0.05, 0.1) is 16.6 Å². The van der Waals surface area contributed by atoms with Gasteiger partial charge in [-0.1, -0.05) is 35.9 Å². The molecule has 0 fully saturated rings. The van der Waals surface area contributed by atoms with Crippen LogP contribution >= 0.6 is 22.9 Å². The van der Waals surface area contributed by atoms with Crippen LogP contribution in [0.15, 0.2) is 48.0 Å². The normalized spacial score (nSPS) is 12.7. The second-order valence-corrected chi connectivity index (χ2v) is 5.51. The molecule has 0 spiro atoms. The van der Waals surface area contributed by atoms with Crippen molar-refractivity contribution in [2.75, 3.05) is 0 Å². The number of hydrogen-bond acceptors (Lipinski definition) is 4. The number of para-hydroxylation sites is 1. The zero-order valence-electron chi connectivity index (χ0n) is 10.0. The number of hydrogen-bond donors (Lipinski definition) is 2. The van der Waals surface area contributed by atoms with E-state index in [1.165, 1.54) is 0 Å². The fraction of sp³-hybridized carbons (Fsp3) is 0.0714. The summed E-state index contributed by atoms with van der Waals surface area (Å²) in [4.78, 5) is 5.46. The summed E-state index contributed by atoms with van der Waals surface area (Å²) in [6.07, 6.45) is 1.79. The molecular formula is C14H12ClN3S. The molecule has 0 radical (unpaired) electrons. The topological polar surface area (TPSA) is 50.9 Å². The molecule has 0 aliphatic heterocycles. The fourth-order valence-corrected chi connectivity index (χ4v) is 3.42. The molecule has 3 N–H and O–H groups in total. The molecule has 0 saturated heterocycles. The number of rotatable bonds is 3. The van der Waals surface area contributed by atoms with E-state index in [1.807, 2.05) is 41.8 Å². The Balaban J connectivity index is 2.20. The standard InChI is InChI=1S/C14H12ClN3S/c15-11-6-8-19-14(11)13(18-16)10-5-1-3-9-4-2-7-17-12(9)10/h1-8,13,18H,16H2. The molecule has 1 unspecified atom stereocenters. The maximum Gasteiger partial charge on any atom is 0.0838 e. The van der Waals surface area contributed by atoms with Gasteiger partial charge in [0, 0.05) is 22.0 Å². The predicted molar refractivity (Wildman–Crippen MR) is 80.2 cm³/mol. The van der Waals surface area contributed by atoms with Crippen LogP contribution in [0.25, 0.3) is 10.9 Å². The summed E-state index contributed by atoms with van der Waals surface area (Å²) in [6, 6.07) is 11.8. The Bertz CT molecular complexity index is 705. The molecule has 2 aromatic heterocycles. The van der Waals surface area contributed by atoms with Crippen molar-refractivity contribution in [1.29, 1.82) is 0 Å². The van der Waals surface area contributed by atoms with Crippen LogP contribution in [0.4, 0.5) is 0 Å². The monoisotopic (exact) mass is 289 g/mol. The van der Waals surface area contributed by atoms with Gasteiger partial charge >= 0.3 is 0 Å². The summed E-state index contributed by atoms with van der Waals surface area (Å²) in [5.41, 5.74) is 4.81. The van der Waals surface area contributed by atoms with Gasteiger partial charge in [0.2, 0.25) is 0 Å². The number of halogens is 1. The highest BCUT2D eigenvalue weighted by molar-refractivity contribution is 7.10.